The third-order valence-electron chi connectivity index (χ3n) is 2.03. The lowest BCUT2D eigenvalue weighted by Crippen LogP contribution is -2.00. The summed E-state index contributed by atoms with van der Waals surface area (Å²) in [7, 11) is 0. The van der Waals surface area contributed by atoms with Crippen LogP contribution in [0.2, 0.25) is 0 Å². The fourth-order valence-corrected chi connectivity index (χ4v) is 1.84. The van der Waals surface area contributed by atoms with E-state index in [2.05, 4.69) is 21.1 Å². The summed E-state index contributed by atoms with van der Waals surface area (Å²) in [6.07, 6.45) is 0.569. The molecule has 4 heteroatoms. The Kier molecular flexibility index (Phi) is 3.52. The molecule has 0 saturated carbocycles. The maximum atomic E-state index is 9.74. The Morgan fingerprint density at radius 2 is 2.14 bits per heavy atom. The standard InChI is InChI=1S/C10H12BrNO2/c1-3-9(12-14)8-5-7(11)4-6(2)10(8)13/h4-5,13-14H,3H2,1-2H3/b12-9+. The van der Waals surface area contributed by atoms with Gasteiger partial charge >= 0.3 is 0 Å². The average molecular weight is 258 g/mol. The second-order valence-electron chi connectivity index (χ2n) is 3.02. The van der Waals surface area contributed by atoms with E-state index in [1.807, 2.05) is 13.0 Å². The van der Waals surface area contributed by atoms with Crippen molar-refractivity contribution in [2.75, 3.05) is 0 Å². The van der Waals surface area contributed by atoms with Crippen molar-refractivity contribution in [1.29, 1.82) is 0 Å². The Labute approximate surface area is 91.2 Å². The summed E-state index contributed by atoms with van der Waals surface area (Å²) in [5, 5.41) is 21.6. The zero-order valence-corrected chi connectivity index (χ0v) is 9.67. The molecule has 0 aromatic heterocycles. The molecule has 0 spiro atoms. The SMILES string of the molecule is CC/C(=N\O)c1cc(Br)cc(C)c1O. The average Bonchev–Trinajstić information content (AvgIpc) is 2.15. The van der Waals surface area contributed by atoms with E-state index in [-0.39, 0.29) is 5.75 Å². The summed E-state index contributed by atoms with van der Waals surface area (Å²) in [4.78, 5) is 0. The van der Waals surface area contributed by atoms with Crippen LogP contribution in [0.1, 0.15) is 24.5 Å². The fraction of sp³-hybridized carbons (Fsp3) is 0.300. The van der Waals surface area contributed by atoms with E-state index in [4.69, 9.17) is 5.21 Å². The molecule has 0 saturated heterocycles. The van der Waals surface area contributed by atoms with Gasteiger partial charge in [0.15, 0.2) is 0 Å². The number of benzene rings is 1. The molecular formula is C10H12BrNO2. The highest BCUT2D eigenvalue weighted by Crippen LogP contribution is 2.27. The van der Waals surface area contributed by atoms with Gasteiger partial charge in [-0.05, 0) is 31.0 Å². The van der Waals surface area contributed by atoms with Crippen LogP contribution in [0.3, 0.4) is 0 Å². The monoisotopic (exact) mass is 257 g/mol. The van der Waals surface area contributed by atoms with Crippen LogP contribution in [0.15, 0.2) is 21.8 Å². The molecule has 0 unspecified atom stereocenters. The lowest BCUT2D eigenvalue weighted by atomic mass is 10.0. The summed E-state index contributed by atoms with van der Waals surface area (Å²) < 4.78 is 0.859. The van der Waals surface area contributed by atoms with Crippen LogP contribution in [0, 0.1) is 6.92 Å². The van der Waals surface area contributed by atoms with Crippen molar-refractivity contribution in [2.24, 2.45) is 5.16 Å². The number of phenolic OH excluding ortho intramolecular Hbond substituents is 1. The quantitative estimate of drug-likeness (QED) is 0.486. The number of phenols is 1. The van der Waals surface area contributed by atoms with Gasteiger partial charge in [0.2, 0.25) is 0 Å². The number of nitrogens with zero attached hydrogens (tertiary/aromatic N) is 1. The highest BCUT2D eigenvalue weighted by Gasteiger charge is 2.11. The van der Waals surface area contributed by atoms with Crippen molar-refractivity contribution in [2.45, 2.75) is 20.3 Å². The summed E-state index contributed by atoms with van der Waals surface area (Å²) in [6, 6.07) is 3.55. The Balaban J connectivity index is 3.33. The molecule has 1 aromatic rings. The Morgan fingerprint density at radius 1 is 1.50 bits per heavy atom. The third kappa shape index (κ3) is 2.07. The van der Waals surface area contributed by atoms with Crippen LogP contribution >= 0.6 is 15.9 Å². The maximum Gasteiger partial charge on any atom is 0.127 e. The van der Waals surface area contributed by atoms with Crippen molar-refractivity contribution in [1.82, 2.24) is 0 Å². The number of oxime groups is 1. The van der Waals surface area contributed by atoms with Gasteiger partial charge in [0, 0.05) is 10.0 Å². The molecule has 76 valence electrons. The molecule has 3 nitrogen and oxygen atoms in total. The zero-order valence-electron chi connectivity index (χ0n) is 8.08. The highest BCUT2D eigenvalue weighted by molar-refractivity contribution is 9.10. The highest BCUT2D eigenvalue weighted by atomic mass is 79.9. The van der Waals surface area contributed by atoms with Crippen LogP contribution < -0.4 is 0 Å². The largest absolute Gasteiger partial charge is 0.507 e. The van der Waals surface area contributed by atoms with Crippen molar-refractivity contribution in [3.05, 3.63) is 27.7 Å². The molecule has 0 amide bonds. The summed E-state index contributed by atoms with van der Waals surface area (Å²) in [5.41, 5.74) is 1.80. The van der Waals surface area contributed by atoms with Crippen molar-refractivity contribution >= 4 is 21.6 Å². The van der Waals surface area contributed by atoms with E-state index in [0.29, 0.717) is 17.7 Å². The molecule has 1 rings (SSSR count). The van der Waals surface area contributed by atoms with Gasteiger partial charge in [0.05, 0.1) is 5.71 Å². The van der Waals surface area contributed by atoms with Gasteiger partial charge in [-0.1, -0.05) is 28.0 Å². The van der Waals surface area contributed by atoms with Gasteiger partial charge in [-0.2, -0.15) is 0 Å². The molecule has 0 bridgehead atoms. The van der Waals surface area contributed by atoms with Gasteiger partial charge in [-0.25, -0.2) is 0 Å². The minimum absolute atomic E-state index is 0.169. The molecule has 14 heavy (non-hydrogen) atoms. The predicted molar refractivity (Wildman–Crippen MR) is 59.2 cm³/mol. The Hall–Kier alpha value is -1.03. The number of rotatable bonds is 2. The normalized spacial score (nSPS) is 11.8. The molecule has 0 radical (unpaired) electrons. The van der Waals surface area contributed by atoms with Crippen LogP contribution in [0.5, 0.6) is 5.75 Å². The van der Waals surface area contributed by atoms with Crippen LogP contribution in [-0.2, 0) is 0 Å². The van der Waals surface area contributed by atoms with E-state index in [0.717, 1.165) is 10.0 Å². The van der Waals surface area contributed by atoms with Gasteiger partial charge in [0.1, 0.15) is 5.75 Å². The second kappa shape index (κ2) is 4.46. The Bertz CT molecular complexity index is 375. The van der Waals surface area contributed by atoms with Gasteiger partial charge in [-0.3, -0.25) is 0 Å². The molecule has 0 aliphatic rings. The van der Waals surface area contributed by atoms with Crippen LogP contribution in [-0.4, -0.2) is 16.0 Å². The third-order valence-corrected chi connectivity index (χ3v) is 2.49. The van der Waals surface area contributed by atoms with Crippen molar-refractivity contribution < 1.29 is 10.3 Å². The first-order valence-electron chi connectivity index (χ1n) is 4.30. The lowest BCUT2D eigenvalue weighted by molar-refractivity contribution is 0.318. The minimum atomic E-state index is 0.169. The molecular weight excluding hydrogens is 246 g/mol. The molecule has 0 heterocycles. The van der Waals surface area contributed by atoms with E-state index >= 15 is 0 Å². The molecule has 0 aliphatic carbocycles. The summed E-state index contributed by atoms with van der Waals surface area (Å²) in [5.74, 6) is 0.169. The minimum Gasteiger partial charge on any atom is -0.507 e. The number of hydrogen-bond donors (Lipinski definition) is 2. The number of aromatic hydroxyl groups is 1. The van der Waals surface area contributed by atoms with E-state index < -0.39 is 0 Å². The first kappa shape index (κ1) is 11.0. The summed E-state index contributed by atoms with van der Waals surface area (Å²) in [6.45, 7) is 3.67. The van der Waals surface area contributed by atoms with Gasteiger partial charge in [0.25, 0.3) is 0 Å². The Morgan fingerprint density at radius 3 is 2.64 bits per heavy atom. The molecule has 2 N–H and O–H groups in total. The van der Waals surface area contributed by atoms with E-state index in [1.165, 1.54) is 0 Å². The number of halogens is 1. The first-order valence-corrected chi connectivity index (χ1v) is 5.09. The van der Waals surface area contributed by atoms with Gasteiger partial charge in [-0.15, -0.1) is 0 Å². The van der Waals surface area contributed by atoms with Crippen molar-refractivity contribution in [3.8, 4) is 5.75 Å². The van der Waals surface area contributed by atoms with E-state index in [1.54, 1.807) is 13.0 Å². The predicted octanol–water partition coefficient (Wildman–Crippen LogP) is 3.05. The molecule has 0 atom stereocenters. The smallest absolute Gasteiger partial charge is 0.127 e. The molecule has 0 fully saturated rings. The molecule has 0 aliphatic heterocycles. The van der Waals surface area contributed by atoms with Gasteiger partial charge < -0.3 is 10.3 Å². The van der Waals surface area contributed by atoms with E-state index in [9.17, 15) is 5.11 Å². The number of aryl methyl sites for hydroxylation is 1. The second-order valence-corrected chi connectivity index (χ2v) is 3.93. The summed E-state index contributed by atoms with van der Waals surface area (Å²) >= 11 is 3.33. The topological polar surface area (TPSA) is 52.8 Å². The zero-order chi connectivity index (χ0) is 10.7. The number of hydrogen-bond acceptors (Lipinski definition) is 3. The van der Waals surface area contributed by atoms with Crippen LogP contribution in [0.4, 0.5) is 0 Å². The lowest BCUT2D eigenvalue weighted by Gasteiger charge is -2.08. The van der Waals surface area contributed by atoms with Crippen molar-refractivity contribution in [3.63, 3.8) is 0 Å². The fourth-order valence-electron chi connectivity index (χ4n) is 1.27. The van der Waals surface area contributed by atoms with Crippen LogP contribution in [0.25, 0.3) is 0 Å². The molecule has 1 aromatic carbocycles. The maximum absolute atomic E-state index is 9.74. The first-order chi connectivity index (χ1) is 6.60.